The van der Waals surface area contributed by atoms with Gasteiger partial charge in [-0.25, -0.2) is 8.78 Å². The van der Waals surface area contributed by atoms with Crippen LogP contribution in [0.25, 0.3) is 11.1 Å². The molecule has 2 aliphatic rings. The largest absolute Gasteiger partial charge is 0.204 e. The summed E-state index contributed by atoms with van der Waals surface area (Å²) in [5.74, 6) is 0.136. The second-order valence-electron chi connectivity index (χ2n) is 9.90. The Bertz CT molecular complexity index is 815. The molecule has 0 N–H and O–H groups in total. The zero-order valence-corrected chi connectivity index (χ0v) is 20.0. The quantitative estimate of drug-likeness (QED) is 0.298. The van der Waals surface area contributed by atoms with E-state index in [-0.39, 0.29) is 8.80 Å². The third kappa shape index (κ3) is 5.86. The molecular formula is C28H37F2Si. The number of unbranched alkanes of at least 4 members (excludes halogenated alkanes) is 2. The summed E-state index contributed by atoms with van der Waals surface area (Å²) < 4.78 is 26.7. The van der Waals surface area contributed by atoms with Crippen LogP contribution in [0, 0.1) is 17.6 Å². The van der Waals surface area contributed by atoms with Gasteiger partial charge in [-0.15, -0.1) is 0 Å². The Hall–Kier alpha value is -1.48. The van der Waals surface area contributed by atoms with Crippen LogP contribution in [0.4, 0.5) is 8.78 Å². The molecule has 0 nitrogen and oxygen atoms in total. The predicted octanol–water partition coefficient (Wildman–Crippen LogP) is 9.14. The Morgan fingerprint density at radius 2 is 1.45 bits per heavy atom. The number of hydrogen-bond acceptors (Lipinski definition) is 0. The first-order chi connectivity index (χ1) is 15.1. The molecule has 2 aromatic rings. The smallest absolute Gasteiger partial charge is 0.159 e. The van der Waals surface area contributed by atoms with Crippen LogP contribution in [0.2, 0.25) is 17.6 Å². The number of rotatable bonds is 7. The Morgan fingerprint density at radius 3 is 2.10 bits per heavy atom. The summed E-state index contributed by atoms with van der Waals surface area (Å²) in [4.78, 5) is 0. The fourth-order valence-corrected chi connectivity index (χ4v) is 9.55. The molecule has 1 saturated carbocycles. The first-order valence-electron chi connectivity index (χ1n) is 12.5. The molecule has 0 bridgehead atoms. The minimum atomic E-state index is -0.787. The normalized spacial score (nSPS) is 23.2. The van der Waals surface area contributed by atoms with E-state index in [1.54, 1.807) is 6.07 Å². The zero-order chi connectivity index (χ0) is 21.6. The number of hydrogen-bond donors (Lipinski definition) is 0. The van der Waals surface area contributed by atoms with Gasteiger partial charge in [0.1, 0.15) is 0 Å². The van der Waals surface area contributed by atoms with Gasteiger partial charge < -0.3 is 0 Å². The maximum absolute atomic E-state index is 13.5. The lowest BCUT2D eigenvalue weighted by molar-refractivity contribution is 0.325. The molecule has 0 atom stereocenters. The number of benzene rings is 2. The van der Waals surface area contributed by atoms with Crippen molar-refractivity contribution in [2.75, 3.05) is 0 Å². The SMILES string of the molecule is CCCCCC1CCC([Si]2CCC(c3ccc(-c4ccc(F)c(F)c4)cc3)CC2)CC1. The molecule has 1 radical (unpaired) electrons. The lowest BCUT2D eigenvalue weighted by atomic mass is 9.85. The zero-order valence-electron chi connectivity index (χ0n) is 19.0. The molecule has 3 heteroatoms. The van der Waals surface area contributed by atoms with Gasteiger partial charge in [0.25, 0.3) is 0 Å². The highest BCUT2D eigenvalue weighted by Gasteiger charge is 2.32. The van der Waals surface area contributed by atoms with E-state index in [1.807, 2.05) is 0 Å². The fourth-order valence-electron chi connectivity index (χ4n) is 5.90. The lowest BCUT2D eigenvalue weighted by Crippen LogP contribution is -2.29. The van der Waals surface area contributed by atoms with Crippen LogP contribution in [0.5, 0.6) is 0 Å². The lowest BCUT2D eigenvalue weighted by Gasteiger charge is -2.37. The average molecular weight is 440 g/mol. The van der Waals surface area contributed by atoms with Gasteiger partial charge in [-0.05, 0) is 59.0 Å². The molecule has 1 saturated heterocycles. The maximum Gasteiger partial charge on any atom is 0.159 e. The Morgan fingerprint density at radius 1 is 0.774 bits per heavy atom. The molecule has 0 aromatic heterocycles. The molecule has 2 fully saturated rings. The molecule has 1 aliphatic heterocycles. The molecule has 4 rings (SSSR count). The summed E-state index contributed by atoms with van der Waals surface area (Å²) in [6.07, 6.45) is 14.4. The highest BCUT2D eigenvalue weighted by atomic mass is 28.3. The number of halogens is 2. The van der Waals surface area contributed by atoms with Gasteiger partial charge in [0.15, 0.2) is 11.6 Å². The van der Waals surface area contributed by atoms with E-state index in [4.69, 9.17) is 0 Å². The van der Waals surface area contributed by atoms with Crippen molar-refractivity contribution in [2.45, 2.75) is 94.7 Å². The van der Waals surface area contributed by atoms with Crippen molar-refractivity contribution in [1.29, 1.82) is 0 Å². The van der Waals surface area contributed by atoms with E-state index in [1.165, 1.54) is 94.0 Å². The van der Waals surface area contributed by atoms with Crippen LogP contribution in [0.15, 0.2) is 42.5 Å². The Balaban J connectivity index is 1.26. The van der Waals surface area contributed by atoms with Gasteiger partial charge in [0, 0.05) is 0 Å². The molecule has 0 unspecified atom stereocenters. The minimum absolute atomic E-state index is 0.173. The van der Waals surface area contributed by atoms with E-state index < -0.39 is 11.6 Å². The monoisotopic (exact) mass is 439 g/mol. The molecule has 0 amide bonds. The second-order valence-corrected chi connectivity index (χ2v) is 13.0. The first-order valence-corrected chi connectivity index (χ1v) is 14.5. The fraction of sp³-hybridized carbons (Fsp3) is 0.571. The topological polar surface area (TPSA) is 0 Å². The van der Waals surface area contributed by atoms with Crippen LogP contribution in [0.1, 0.15) is 82.6 Å². The highest BCUT2D eigenvalue weighted by Crippen LogP contribution is 2.44. The summed E-state index contributed by atoms with van der Waals surface area (Å²) in [5.41, 5.74) is 4.19. The van der Waals surface area contributed by atoms with Crippen LogP contribution in [-0.2, 0) is 0 Å². The van der Waals surface area contributed by atoms with Gasteiger partial charge >= 0.3 is 0 Å². The molecule has 31 heavy (non-hydrogen) atoms. The Kier molecular flexibility index (Phi) is 7.98. The van der Waals surface area contributed by atoms with Crippen molar-refractivity contribution in [3.8, 4) is 11.1 Å². The Labute approximate surface area is 189 Å². The van der Waals surface area contributed by atoms with Crippen molar-refractivity contribution < 1.29 is 8.78 Å². The maximum atomic E-state index is 13.5. The summed E-state index contributed by atoms with van der Waals surface area (Å²) in [6, 6.07) is 15.7. The highest BCUT2D eigenvalue weighted by molar-refractivity contribution is 6.60. The summed E-state index contributed by atoms with van der Waals surface area (Å²) in [5, 5.41) is 0. The predicted molar refractivity (Wildman–Crippen MR) is 129 cm³/mol. The van der Waals surface area contributed by atoms with Gasteiger partial charge in [0.05, 0.1) is 8.80 Å². The van der Waals surface area contributed by atoms with E-state index in [0.29, 0.717) is 5.92 Å². The van der Waals surface area contributed by atoms with Gasteiger partial charge in [-0.2, -0.15) is 0 Å². The second kappa shape index (κ2) is 10.9. The average Bonchev–Trinajstić information content (AvgIpc) is 2.82. The van der Waals surface area contributed by atoms with Gasteiger partial charge in [0.2, 0.25) is 0 Å². The molecule has 1 aliphatic carbocycles. The van der Waals surface area contributed by atoms with Gasteiger partial charge in [-0.1, -0.05) is 101 Å². The van der Waals surface area contributed by atoms with E-state index in [9.17, 15) is 8.78 Å². The molecular weight excluding hydrogens is 402 g/mol. The molecule has 1 heterocycles. The van der Waals surface area contributed by atoms with Crippen molar-refractivity contribution in [3.05, 3.63) is 59.7 Å². The third-order valence-corrected chi connectivity index (χ3v) is 11.5. The molecule has 0 spiro atoms. The van der Waals surface area contributed by atoms with Gasteiger partial charge in [-0.3, -0.25) is 0 Å². The minimum Gasteiger partial charge on any atom is -0.204 e. The van der Waals surface area contributed by atoms with Crippen LogP contribution in [-0.4, -0.2) is 8.80 Å². The van der Waals surface area contributed by atoms with E-state index in [2.05, 4.69) is 31.2 Å². The molecule has 2 aromatic carbocycles. The molecule has 167 valence electrons. The van der Waals surface area contributed by atoms with E-state index in [0.717, 1.165) is 22.6 Å². The summed E-state index contributed by atoms with van der Waals surface area (Å²) in [6.45, 7) is 2.30. The van der Waals surface area contributed by atoms with Crippen molar-refractivity contribution in [3.63, 3.8) is 0 Å². The summed E-state index contributed by atoms with van der Waals surface area (Å²) in [7, 11) is -0.173. The standard InChI is InChI=1S/C28H37F2Si/c1-2-3-4-5-21-6-13-26(14-7-21)31-18-16-24(17-19-31)22-8-10-23(11-9-22)25-12-15-27(29)28(30)20-25/h8-12,15,20-21,24,26H,2-7,13-14,16-19H2,1H3. The first kappa shape index (κ1) is 22.7. The van der Waals surface area contributed by atoms with Crippen molar-refractivity contribution in [2.24, 2.45) is 5.92 Å². The van der Waals surface area contributed by atoms with Crippen molar-refractivity contribution >= 4 is 8.80 Å². The van der Waals surface area contributed by atoms with Crippen LogP contribution >= 0.6 is 0 Å². The van der Waals surface area contributed by atoms with Crippen LogP contribution < -0.4 is 0 Å². The van der Waals surface area contributed by atoms with Crippen molar-refractivity contribution in [1.82, 2.24) is 0 Å². The van der Waals surface area contributed by atoms with E-state index >= 15 is 0 Å². The third-order valence-electron chi connectivity index (χ3n) is 7.90. The summed E-state index contributed by atoms with van der Waals surface area (Å²) >= 11 is 0. The van der Waals surface area contributed by atoms with Crippen LogP contribution in [0.3, 0.4) is 0 Å².